The molecule has 1 saturated heterocycles. The minimum absolute atomic E-state index is 0.134. The third-order valence-corrected chi connectivity index (χ3v) is 8.64. The van der Waals surface area contributed by atoms with Crippen molar-refractivity contribution in [3.8, 4) is 0 Å². The highest BCUT2D eigenvalue weighted by Crippen LogP contribution is 2.34. The van der Waals surface area contributed by atoms with Crippen molar-refractivity contribution in [2.45, 2.75) is 32.2 Å². The zero-order valence-electron chi connectivity index (χ0n) is 19.4. The largest absolute Gasteiger partial charge is 0.352 e. The van der Waals surface area contributed by atoms with E-state index in [9.17, 15) is 9.59 Å². The van der Waals surface area contributed by atoms with Crippen molar-refractivity contribution in [3.05, 3.63) is 59.7 Å². The molecule has 0 radical (unpaired) electrons. The number of piperazine rings is 1. The zero-order chi connectivity index (χ0) is 23.1. The van der Waals surface area contributed by atoms with Crippen LogP contribution in [0.2, 0.25) is 0 Å². The number of anilines is 1. The average molecular weight is 475 g/mol. The maximum atomic E-state index is 13.2. The zero-order valence-corrected chi connectivity index (χ0v) is 20.2. The fourth-order valence-corrected chi connectivity index (χ4v) is 6.66. The normalized spacial score (nSPS) is 22.9. The van der Waals surface area contributed by atoms with E-state index in [1.807, 2.05) is 23.1 Å². The summed E-state index contributed by atoms with van der Waals surface area (Å²) in [6, 6.07) is 16.3. The Bertz CT molecular complexity index is 1210. The predicted molar refractivity (Wildman–Crippen MR) is 135 cm³/mol. The van der Waals surface area contributed by atoms with E-state index >= 15 is 0 Å². The van der Waals surface area contributed by atoms with E-state index < -0.39 is 0 Å². The molecule has 1 aromatic heterocycles. The van der Waals surface area contributed by atoms with Gasteiger partial charge in [0.25, 0.3) is 5.91 Å². The Hall–Kier alpha value is -2.93. The second-order valence-corrected chi connectivity index (χ2v) is 10.7. The van der Waals surface area contributed by atoms with Gasteiger partial charge in [0, 0.05) is 56.1 Å². The quantitative estimate of drug-likeness (QED) is 0.562. The first-order valence-electron chi connectivity index (χ1n) is 12.4. The van der Waals surface area contributed by atoms with Crippen molar-refractivity contribution in [2.75, 3.05) is 37.6 Å². The molecule has 3 aromatic rings. The molecule has 0 N–H and O–H groups in total. The summed E-state index contributed by atoms with van der Waals surface area (Å²) in [5.74, 6) is 2.18. The Balaban J connectivity index is 0.996. The number of carbonyl (C=O) groups is 2. The van der Waals surface area contributed by atoms with Crippen LogP contribution in [-0.2, 0) is 11.3 Å². The van der Waals surface area contributed by atoms with Crippen LogP contribution in [0.4, 0.5) is 5.82 Å². The molecule has 6 rings (SSSR count). The standard InChI is InChI=1S/C27H30N4O2S/c32-26(30-15-13-29(14-16-30)25-23-7-3-4-8-24(23)34-28-25)20-11-9-19(10-12-20)17-31-18-21-5-1-2-6-22(21)27(31)33/h1-8,19-20H,9-18H2. The molecular formula is C27H30N4O2S. The molecule has 34 heavy (non-hydrogen) atoms. The highest BCUT2D eigenvalue weighted by atomic mass is 32.1. The number of nitrogens with zero attached hydrogens (tertiary/aromatic N) is 4. The van der Waals surface area contributed by atoms with Crippen LogP contribution >= 0.6 is 11.5 Å². The average Bonchev–Trinajstić information content (AvgIpc) is 3.46. The Morgan fingerprint density at radius 1 is 0.941 bits per heavy atom. The van der Waals surface area contributed by atoms with Gasteiger partial charge in [0.15, 0.2) is 0 Å². The Morgan fingerprint density at radius 2 is 1.68 bits per heavy atom. The van der Waals surface area contributed by atoms with Gasteiger partial charge in [-0.25, -0.2) is 0 Å². The Morgan fingerprint density at radius 3 is 2.47 bits per heavy atom. The summed E-state index contributed by atoms with van der Waals surface area (Å²) in [7, 11) is 0. The van der Waals surface area contributed by atoms with Crippen molar-refractivity contribution in [1.82, 2.24) is 14.2 Å². The number of hydrogen-bond donors (Lipinski definition) is 0. The van der Waals surface area contributed by atoms with Crippen molar-refractivity contribution < 1.29 is 9.59 Å². The molecule has 2 fully saturated rings. The molecule has 0 atom stereocenters. The highest BCUT2D eigenvalue weighted by molar-refractivity contribution is 7.13. The first-order chi connectivity index (χ1) is 16.7. The lowest BCUT2D eigenvalue weighted by atomic mass is 9.81. The van der Waals surface area contributed by atoms with Crippen LogP contribution in [0.3, 0.4) is 0 Å². The first kappa shape index (κ1) is 21.6. The number of hydrogen-bond acceptors (Lipinski definition) is 5. The molecule has 3 aliphatic rings. The van der Waals surface area contributed by atoms with Gasteiger partial charge in [-0.15, -0.1) is 0 Å². The predicted octanol–water partition coefficient (Wildman–Crippen LogP) is 4.41. The van der Waals surface area contributed by atoms with E-state index in [0.29, 0.717) is 11.8 Å². The maximum Gasteiger partial charge on any atom is 0.254 e. The van der Waals surface area contributed by atoms with Crippen LogP contribution in [0.25, 0.3) is 10.1 Å². The summed E-state index contributed by atoms with van der Waals surface area (Å²) in [6.45, 7) is 4.76. The molecular weight excluding hydrogens is 444 g/mol. The molecule has 1 aliphatic carbocycles. The van der Waals surface area contributed by atoms with E-state index in [4.69, 9.17) is 0 Å². The van der Waals surface area contributed by atoms with Crippen LogP contribution < -0.4 is 4.90 Å². The van der Waals surface area contributed by atoms with Crippen LogP contribution in [-0.4, -0.2) is 58.7 Å². The molecule has 0 bridgehead atoms. The van der Waals surface area contributed by atoms with E-state index in [2.05, 4.69) is 44.5 Å². The van der Waals surface area contributed by atoms with Gasteiger partial charge in [-0.2, -0.15) is 4.37 Å². The SMILES string of the molecule is O=C1c2ccccc2CN1CC1CCC(C(=O)N2CCN(c3nsc4ccccc34)CC2)CC1. The molecule has 0 unspecified atom stereocenters. The van der Waals surface area contributed by atoms with Gasteiger partial charge in [-0.3, -0.25) is 9.59 Å². The molecule has 2 aromatic carbocycles. The molecule has 6 nitrogen and oxygen atoms in total. The van der Waals surface area contributed by atoms with Crippen molar-refractivity contribution in [1.29, 1.82) is 0 Å². The van der Waals surface area contributed by atoms with Crippen molar-refractivity contribution in [2.24, 2.45) is 11.8 Å². The van der Waals surface area contributed by atoms with Gasteiger partial charge in [0.05, 0.1) is 4.70 Å². The van der Waals surface area contributed by atoms with Gasteiger partial charge in [-0.1, -0.05) is 30.3 Å². The number of benzene rings is 2. The molecule has 2 aliphatic heterocycles. The highest BCUT2D eigenvalue weighted by Gasteiger charge is 2.34. The number of carbonyl (C=O) groups excluding carboxylic acids is 2. The second kappa shape index (κ2) is 9.02. The second-order valence-electron chi connectivity index (χ2n) is 9.88. The molecule has 176 valence electrons. The maximum absolute atomic E-state index is 13.2. The molecule has 1 saturated carbocycles. The van der Waals surface area contributed by atoms with Gasteiger partial charge < -0.3 is 14.7 Å². The van der Waals surface area contributed by atoms with Crippen molar-refractivity contribution in [3.63, 3.8) is 0 Å². The van der Waals surface area contributed by atoms with Crippen LogP contribution in [0.15, 0.2) is 48.5 Å². The third kappa shape index (κ3) is 3.96. The summed E-state index contributed by atoms with van der Waals surface area (Å²) in [4.78, 5) is 32.3. The summed E-state index contributed by atoms with van der Waals surface area (Å²) in [5.41, 5.74) is 2.00. The Kier molecular flexibility index (Phi) is 5.73. The lowest BCUT2D eigenvalue weighted by Crippen LogP contribution is -2.51. The van der Waals surface area contributed by atoms with Crippen LogP contribution in [0.5, 0.6) is 0 Å². The van der Waals surface area contributed by atoms with Crippen LogP contribution in [0.1, 0.15) is 41.6 Å². The molecule has 2 amide bonds. The monoisotopic (exact) mass is 474 g/mol. The van der Waals surface area contributed by atoms with E-state index in [1.54, 1.807) is 11.5 Å². The van der Waals surface area contributed by atoms with E-state index in [-0.39, 0.29) is 11.8 Å². The third-order valence-electron chi connectivity index (χ3n) is 7.82. The molecule has 7 heteroatoms. The topological polar surface area (TPSA) is 56.8 Å². The lowest BCUT2D eigenvalue weighted by Gasteiger charge is -2.38. The van der Waals surface area contributed by atoms with Gasteiger partial charge in [0.1, 0.15) is 5.82 Å². The summed E-state index contributed by atoms with van der Waals surface area (Å²) in [5, 5.41) is 1.21. The number of aromatic nitrogens is 1. The number of rotatable bonds is 4. The smallest absolute Gasteiger partial charge is 0.254 e. The van der Waals surface area contributed by atoms with Crippen LogP contribution in [0, 0.1) is 11.8 Å². The minimum Gasteiger partial charge on any atom is -0.352 e. The minimum atomic E-state index is 0.134. The van der Waals surface area contributed by atoms with Gasteiger partial charge >= 0.3 is 0 Å². The summed E-state index contributed by atoms with van der Waals surface area (Å²) in [6.07, 6.45) is 3.94. The first-order valence-corrected chi connectivity index (χ1v) is 13.2. The van der Waals surface area contributed by atoms with Gasteiger partial charge in [-0.05, 0) is 66.9 Å². The lowest BCUT2D eigenvalue weighted by molar-refractivity contribution is -0.137. The fourth-order valence-electron chi connectivity index (χ4n) is 5.86. The van der Waals surface area contributed by atoms with Gasteiger partial charge in [0.2, 0.25) is 5.91 Å². The summed E-state index contributed by atoms with van der Waals surface area (Å²) >= 11 is 1.55. The molecule has 0 spiro atoms. The number of amides is 2. The summed E-state index contributed by atoms with van der Waals surface area (Å²) < 4.78 is 5.90. The van der Waals surface area contributed by atoms with E-state index in [0.717, 1.165) is 81.9 Å². The Labute approximate surface area is 204 Å². The van der Waals surface area contributed by atoms with Crippen molar-refractivity contribution >= 4 is 39.3 Å². The fraction of sp³-hybridized carbons (Fsp3) is 0.444. The molecule has 3 heterocycles. The number of fused-ring (bicyclic) bond motifs is 2. The van der Waals surface area contributed by atoms with E-state index in [1.165, 1.54) is 10.1 Å².